The van der Waals surface area contributed by atoms with Gasteiger partial charge in [0.2, 0.25) is 0 Å². The number of nitrogens with two attached hydrogens (primary N) is 1. The predicted molar refractivity (Wildman–Crippen MR) is 69.8 cm³/mol. The van der Waals surface area contributed by atoms with Crippen LogP contribution in [0.15, 0.2) is 24.5 Å². The molecule has 0 bridgehead atoms. The SMILES string of the molecule is CCN(CCOC)C(c1ccncc1)C(C)N. The maximum Gasteiger partial charge on any atom is 0.0589 e. The summed E-state index contributed by atoms with van der Waals surface area (Å²) in [4.78, 5) is 6.39. The van der Waals surface area contributed by atoms with Crippen molar-refractivity contribution >= 4 is 0 Å². The number of hydrogen-bond donors (Lipinski definition) is 1. The second-order valence-electron chi connectivity index (χ2n) is 4.21. The van der Waals surface area contributed by atoms with Crippen LogP contribution in [0.3, 0.4) is 0 Å². The predicted octanol–water partition coefficient (Wildman–Crippen LogP) is 1.44. The summed E-state index contributed by atoms with van der Waals surface area (Å²) < 4.78 is 5.15. The van der Waals surface area contributed by atoms with Crippen molar-refractivity contribution in [2.45, 2.75) is 25.9 Å². The van der Waals surface area contributed by atoms with E-state index in [1.54, 1.807) is 7.11 Å². The number of methoxy groups -OCH3 is 1. The molecule has 1 rings (SSSR count). The van der Waals surface area contributed by atoms with Gasteiger partial charge in [0, 0.05) is 38.1 Å². The zero-order chi connectivity index (χ0) is 12.7. The monoisotopic (exact) mass is 237 g/mol. The fourth-order valence-electron chi connectivity index (χ4n) is 2.11. The van der Waals surface area contributed by atoms with Gasteiger partial charge >= 0.3 is 0 Å². The Morgan fingerprint density at radius 1 is 1.41 bits per heavy atom. The Hall–Kier alpha value is -0.970. The van der Waals surface area contributed by atoms with Gasteiger partial charge in [-0.25, -0.2) is 0 Å². The first kappa shape index (κ1) is 14.1. The lowest BCUT2D eigenvalue weighted by Crippen LogP contribution is -2.41. The highest BCUT2D eigenvalue weighted by Gasteiger charge is 2.22. The molecule has 1 heterocycles. The first-order chi connectivity index (χ1) is 8.20. The molecule has 4 nitrogen and oxygen atoms in total. The summed E-state index contributed by atoms with van der Waals surface area (Å²) in [6, 6.07) is 4.36. The topological polar surface area (TPSA) is 51.4 Å². The summed E-state index contributed by atoms with van der Waals surface area (Å²) in [7, 11) is 1.72. The molecule has 1 aromatic heterocycles. The van der Waals surface area contributed by atoms with Crippen LogP contribution in [0.25, 0.3) is 0 Å². The fourth-order valence-corrected chi connectivity index (χ4v) is 2.11. The quantitative estimate of drug-likeness (QED) is 0.779. The Morgan fingerprint density at radius 3 is 2.53 bits per heavy atom. The van der Waals surface area contributed by atoms with Crippen molar-refractivity contribution in [1.29, 1.82) is 0 Å². The number of nitrogens with zero attached hydrogens (tertiary/aromatic N) is 2. The molecule has 2 unspecified atom stereocenters. The summed E-state index contributed by atoms with van der Waals surface area (Å²) >= 11 is 0. The van der Waals surface area contributed by atoms with Crippen molar-refractivity contribution in [3.63, 3.8) is 0 Å². The molecule has 1 aromatic rings. The molecule has 0 aliphatic heterocycles. The lowest BCUT2D eigenvalue weighted by atomic mass is 10.0. The molecular formula is C13H23N3O. The van der Waals surface area contributed by atoms with E-state index in [2.05, 4.69) is 16.8 Å². The van der Waals surface area contributed by atoms with Crippen molar-refractivity contribution in [2.24, 2.45) is 5.73 Å². The van der Waals surface area contributed by atoms with Gasteiger partial charge in [-0.1, -0.05) is 6.92 Å². The van der Waals surface area contributed by atoms with Crippen molar-refractivity contribution in [3.05, 3.63) is 30.1 Å². The molecule has 2 atom stereocenters. The van der Waals surface area contributed by atoms with Crippen molar-refractivity contribution in [3.8, 4) is 0 Å². The summed E-state index contributed by atoms with van der Waals surface area (Å²) in [5.41, 5.74) is 7.33. The molecule has 0 aromatic carbocycles. The summed E-state index contributed by atoms with van der Waals surface area (Å²) in [6.07, 6.45) is 3.63. The first-order valence-corrected chi connectivity index (χ1v) is 6.09. The number of pyridine rings is 1. The zero-order valence-corrected chi connectivity index (χ0v) is 11.0. The van der Waals surface area contributed by atoms with Crippen LogP contribution in [0.2, 0.25) is 0 Å². The molecule has 0 saturated carbocycles. The van der Waals surface area contributed by atoms with Gasteiger partial charge in [-0.05, 0) is 31.2 Å². The molecule has 0 fully saturated rings. The molecule has 0 amide bonds. The van der Waals surface area contributed by atoms with E-state index < -0.39 is 0 Å². The lowest BCUT2D eigenvalue weighted by molar-refractivity contribution is 0.115. The zero-order valence-electron chi connectivity index (χ0n) is 11.0. The molecule has 0 saturated heterocycles. The van der Waals surface area contributed by atoms with Gasteiger partial charge in [-0.15, -0.1) is 0 Å². The minimum Gasteiger partial charge on any atom is -0.383 e. The average molecular weight is 237 g/mol. The van der Waals surface area contributed by atoms with Crippen LogP contribution in [-0.2, 0) is 4.74 Å². The maximum atomic E-state index is 6.11. The molecule has 0 aliphatic rings. The van der Waals surface area contributed by atoms with Gasteiger partial charge in [-0.3, -0.25) is 9.88 Å². The van der Waals surface area contributed by atoms with Crippen molar-refractivity contribution in [1.82, 2.24) is 9.88 Å². The lowest BCUT2D eigenvalue weighted by Gasteiger charge is -2.33. The van der Waals surface area contributed by atoms with Crippen LogP contribution < -0.4 is 5.73 Å². The van der Waals surface area contributed by atoms with Crippen LogP contribution in [0, 0.1) is 0 Å². The Labute approximate surface area is 104 Å². The minimum atomic E-state index is 0.0780. The number of hydrogen-bond acceptors (Lipinski definition) is 4. The summed E-state index contributed by atoms with van der Waals surface area (Å²) in [5, 5.41) is 0. The Kier molecular flexibility index (Phi) is 6.11. The normalized spacial score (nSPS) is 14.9. The van der Waals surface area contributed by atoms with Gasteiger partial charge in [0.1, 0.15) is 0 Å². The highest BCUT2D eigenvalue weighted by atomic mass is 16.5. The van der Waals surface area contributed by atoms with Gasteiger partial charge in [0.25, 0.3) is 0 Å². The van der Waals surface area contributed by atoms with Gasteiger partial charge in [-0.2, -0.15) is 0 Å². The number of likely N-dealkylation sites (N-methyl/N-ethyl adjacent to an activating group) is 1. The Bertz CT molecular complexity index is 303. The second-order valence-corrected chi connectivity index (χ2v) is 4.21. The smallest absolute Gasteiger partial charge is 0.0589 e. The van der Waals surface area contributed by atoms with E-state index in [9.17, 15) is 0 Å². The van der Waals surface area contributed by atoms with Crippen molar-refractivity contribution in [2.75, 3.05) is 26.8 Å². The van der Waals surface area contributed by atoms with Gasteiger partial charge in [0.15, 0.2) is 0 Å². The van der Waals surface area contributed by atoms with E-state index in [-0.39, 0.29) is 12.1 Å². The van der Waals surface area contributed by atoms with E-state index in [1.807, 2.05) is 31.5 Å². The first-order valence-electron chi connectivity index (χ1n) is 6.09. The second kappa shape index (κ2) is 7.37. The largest absolute Gasteiger partial charge is 0.383 e. The van der Waals surface area contributed by atoms with Gasteiger partial charge in [0.05, 0.1) is 6.61 Å². The van der Waals surface area contributed by atoms with E-state index in [4.69, 9.17) is 10.5 Å². The van der Waals surface area contributed by atoms with Crippen LogP contribution in [0.1, 0.15) is 25.5 Å². The maximum absolute atomic E-state index is 6.11. The third kappa shape index (κ3) is 4.07. The number of aromatic nitrogens is 1. The highest BCUT2D eigenvalue weighted by molar-refractivity contribution is 5.17. The third-order valence-electron chi connectivity index (χ3n) is 2.93. The average Bonchev–Trinajstić information content (AvgIpc) is 2.35. The summed E-state index contributed by atoms with van der Waals surface area (Å²) in [6.45, 7) is 6.76. The van der Waals surface area contributed by atoms with E-state index in [0.29, 0.717) is 0 Å². The fraction of sp³-hybridized carbons (Fsp3) is 0.615. The molecule has 4 heteroatoms. The molecule has 0 radical (unpaired) electrons. The molecule has 0 spiro atoms. The van der Waals surface area contributed by atoms with Crippen molar-refractivity contribution < 1.29 is 4.74 Å². The van der Waals surface area contributed by atoms with Crippen LogP contribution >= 0.6 is 0 Å². The molecule has 0 aliphatic carbocycles. The molecule has 96 valence electrons. The summed E-state index contributed by atoms with van der Waals surface area (Å²) in [5.74, 6) is 0. The van der Waals surface area contributed by atoms with Crippen LogP contribution in [0.4, 0.5) is 0 Å². The highest BCUT2D eigenvalue weighted by Crippen LogP contribution is 2.22. The molecular weight excluding hydrogens is 214 g/mol. The van der Waals surface area contributed by atoms with E-state index in [0.717, 1.165) is 19.7 Å². The van der Waals surface area contributed by atoms with Crippen LogP contribution in [-0.4, -0.2) is 42.7 Å². The van der Waals surface area contributed by atoms with Crippen LogP contribution in [0.5, 0.6) is 0 Å². The Balaban J connectivity index is 2.83. The molecule has 2 N–H and O–H groups in total. The van der Waals surface area contributed by atoms with Gasteiger partial charge < -0.3 is 10.5 Å². The Morgan fingerprint density at radius 2 is 2.06 bits per heavy atom. The third-order valence-corrected chi connectivity index (χ3v) is 2.93. The minimum absolute atomic E-state index is 0.0780. The molecule has 17 heavy (non-hydrogen) atoms. The number of ether oxygens (including phenoxy) is 1. The standard InChI is InChI=1S/C13H23N3O/c1-4-16(9-10-17-3)13(11(2)14)12-5-7-15-8-6-12/h5-8,11,13H,4,9-10,14H2,1-3H3. The van der Waals surface area contributed by atoms with E-state index >= 15 is 0 Å². The van der Waals surface area contributed by atoms with E-state index in [1.165, 1.54) is 5.56 Å². The number of rotatable bonds is 7.